The van der Waals surface area contributed by atoms with E-state index in [0.717, 1.165) is 0 Å². The van der Waals surface area contributed by atoms with E-state index in [2.05, 4.69) is 0 Å². The number of rotatable bonds is 8. The second kappa shape index (κ2) is 12.5. The Morgan fingerprint density at radius 1 is 0.842 bits per heavy atom. The van der Waals surface area contributed by atoms with Gasteiger partial charge in [-0.3, -0.25) is 9.59 Å². The van der Waals surface area contributed by atoms with Crippen LogP contribution in [0.3, 0.4) is 0 Å². The maximum absolute atomic E-state index is 12.4. The van der Waals surface area contributed by atoms with Crippen molar-refractivity contribution in [2.75, 3.05) is 6.61 Å². The number of ether oxygens (including phenoxy) is 5. The molecule has 3 atom stereocenters. The molecule has 0 saturated carbocycles. The average molecular weight is 540 g/mol. The molecule has 1 aromatic carbocycles. The third-order valence-corrected chi connectivity index (χ3v) is 4.89. The summed E-state index contributed by atoms with van der Waals surface area (Å²) in [6.07, 6.45) is -2.12. The Balaban J connectivity index is 3.45. The Labute approximate surface area is 223 Å². The van der Waals surface area contributed by atoms with Crippen LogP contribution in [0.5, 0.6) is 11.5 Å². The fraction of sp³-hybridized carbons (Fsp3) is 0.630. The number of carbonyl (C=O) groups excluding carboxylic acids is 3. The standard InChI is InChI=1S/C27H41NO10/c1-15(14-34-22(31)25(2,3)4)19(20(28)21(29)30)16-11-12-17(35-23(32)37-26(5,6)7)18(13-16)36-24(33)38-27(8,9)10/h11-13,15,19-20H,14,28H2,1-10H3,(H,29,30)/t15?,19?,20-/m0/s1. The number of hydrogen-bond acceptors (Lipinski definition) is 10. The van der Waals surface area contributed by atoms with Crippen LogP contribution in [-0.2, 0) is 23.8 Å². The molecule has 0 amide bonds. The van der Waals surface area contributed by atoms with Crippen LogP contribution in [0.4, 0.5) is 9.59 Å². The number of carboxylic acids is 1. The van der Waals surface area contributed by atoms with Gasteiger partial charge >= 0.3 is 24.2 Å². The van der Waals surface area contributed by atoms with Crippen molar-refractivity contribution in [3.8, 4) is 11.5 Å². The summed E-state index contributed by atoms with van der Waals surface area (Å²) in [7, 11) is 0. The van der Waals surface area contributed by atoms with Crippen molar-refractivity contribution >= 4 is 24.2 Å². The molecule has 1 rings (SSSR count). The van der Waals surface area contributed by atoms with Gasteiger partial charge < -0.3 is 34.5 Å². The fourth-order valence-corrected chi connectivity index (χ4v) is 3.19. The van der Waals surface area contributed by atoms with Crippen molar-refractivity contribution in [3.63, 3.8) is 0 Å². The Morgan fingerprint density at radius 3 is 1.74 bits per heavy atom. The topological polar surface area (TPSA) is 161 Å². The molecule has 0 aliphatic carbocycles. The molecule has 0 aliphatic rings. The van der Waals surface area contributed by atoms with Crippen molar-refractivity contribution < 1.29 is 48.0 Å². The third kappa shape index (κ3) is 11.0. The lowest BCUT2D eigenvalue weighted by Crippen LogP contribution is -2.41. The van der Waals surface area contributed by atoms with Crippen LogP contribution < -0.4 is 15.2 Å². The van der Waals surface area contributed by atoms with Gasteiger partial charge in [0, 0.05) is 5.92 Å². The number of aliphatic carboxylic acids is 1. The summed E-state index contributed by atoms with van der Waals surface area (Å²) in [4.78, 5) is 48.8. The van der Waals surface area contributed by atoms with Gasteiger partial charge in [-0.2, -0.15) is 0 Å². The van der Waals surface area contributed by atoms with Gasteiger partial charge in [0.25, 0.3) is 0 Å². The van der Waals surface area contributed by atoms with E-state index in [-0.39, 0.29) is 18.1 Å². The minimum atomic E-state index is -1.40. The van der Waals surface area contributed by atoms with E-state index < -0.39 is 58.7 Å². The van der Waals surface area contributed by atoms with Gasteiger partial charge in [-0.05, 0) is 85.9 Å². The van der Waals surface area contributed by atoms with Crippen LogP contribution >= 0.6 is 0 Å². The van der Waals surface area contributed by atoms with Gasteiger partial charge in [0.15, 0.2) is 11.5 Å². The summed E-state index contributed by atoms with van der Waals surface area (Å²) in [6, 6.07) is 2.75. The lowest BCUT2D eigenvalue weighted by atomic mass is 9.82. The highest BCUT2D eigenvalue weighted by atomic mass is 16.8. The van der Waals surface area contributed by atoms with Crippen molar-refractivity contribution in [2.45, 2.75) is 92.4 Å². The monoisotopic (exact) mass is 539 g/mol. The molecule has 0 aromatic heterocycles. The first kappa shape index (κ1) is 32.7. The lowest BCUT2D eigenvalue weighted by molar-refractivity contribution is -0.154. The maximum atomic E-state index is 12.4. The summed E-state index contributed by atoms with van der Waals surface area (Å²) in [5.74, 6) is -3.56. The molecule has 11 heteroatoms. The molecular weight excluding hydrogens is 498 g/mol. The van der Waals surface area contributed by atoms with E-state index in [1.807, 2.05) is 0 Å². The van der Waals surface area contributed by atoms with Gasteiger partial charge in [0.05, 0.1) is 12.0 Å². The molecule has 0 radical (unpaired) electrons. The molecule has 11 nitrogen and oxygen atoms in total. The van der Waals surface area contributed by atoms with E-state index in [1.165, 1.54) is 18.2 Å². The molecule has 38 heavy (non-hydrogen) atoms. The van der Waals surface area contributed by atoms with E-state index in [0.29, 0.717) is 5.56 Å². The van der Waals surface area contributed by atoms with Crippen LogP contribution in [0.15, 0.2) is 18.2 Å². The lowest BCUT2D eigenvalue weighted by Gasteiger charge is -2.29. The van der Waals surface area contributed by atoms with Gasteiger partial charge in [0.2, 0.25) is 0 Å². The molecule has 214 valence electrons. The minimum absolute atomic E-state index is 0.111. The predicted octanol–water partition coefficient (Wildman–Crippen LogP) is 5.04. The van der Waals surface area contributed by atoms with Crippen LogP contribution in [0.25, 0.3) is 0 Å². The molecular formula is C27H41NO10. The smallest absolute Gasteiger partial charge is 0.480 e. The Morgan fingerprint density at radius 2 is 1.32 bits per heavy atom. The fourth-order valence-electron chi connectivity index (χ4n) is 3.19. The zero-order valence-electron chi connectivity index (χ0n) is 23.9. The van der Waals surface area contributed by atoms with Crippen molar-refractivity contribution in [1.29, 1.82) is 0 Å². The van der Waals surface area contributed by atoms with Gasteiger partial charge in [-0.25, -0.2) is 9.59 Å². The number of esters is 1. The summed E-state index contributed by atoms with van der Waals surface area (Å²) >= 11 is 0. The molecule has 0 aliphatic heterocycles. The van der Waals surface area contributed by atoms with Crippen molar-refractivity contribution in [1.82, 2.24) is 0 Å². The molecule has 0 saturated heterocycles. The quantitative estimate of drug-likeness (QED) is 0.259. The zero-order valence-corrected chi connectivity index (χ0v) is 23.9. The van der Waals surface area contributed by atoms with Gasteiger partial charge in [-0.15, -0.1) is 0 Å². The van der Waals surface area contributed by atoms with Crippen molar-refractivity contribution in [2.24, 2.45) is 17.1 Å². The highest BCUT2D eigenvalue weighted by Crippen LogP contribution is 2.36. The molecule has 0 spiro atoms. The minimum Gasteiger partial charge on any atom is -0.480 e. The maximum Gasteiger partial charge on any atom is 0.514 e. The van der Waals surface area contributed by atoms with E-state index in [9.17, 15) is 24.3 Å². The first-order valence-corrected chi connectivity index (χ1v) is 12.2. The molecule has 0 fully saturated rings. The summed E-state index contributed by atoms with van der Waals surface area (Å²) in [5, 5.41) is 9.67. The molecule has 0 bridgehead atoms. The zero-order chi connectivity index (χ0) is 29.6. The Kier molecular flexibility index (Phi) is 10.7. The summed E-state index contributed by atoms with van der Waals surface area (Å²) < 4.78 is 26.4. The highest BCUT2D eigenvalue weighted by molar-refractivity contribution is 5.76. The number of benzene rings is 1. The first-order valence-electron chi connectivity index (χ1n) is 12.2. The second-order valence-corrected chi connectivity index (χ2v) is 12.1. The predicted molar refractivity (Wildman–Crippen MR) is 138 cm³/mol. The Bertz CT molecular complexity index is 1010. The summed E-state index contributed by atoms with van der Waals surface area (Å²) in [6.45, 7) is 16.6. The number of carboxylic acid groups (broad SMARTS) is 1. The average Bonchev–Trinajstić information content (AvgIpc) is 2.70. The SMILES string of the molecule is CC(COC(=O)C(C)(C)C)C(c1ccc(OC(=O)OC(C)(C)C)c(OC(=O)OC(C)(C)C)c1)[C@H](N)C(=O)O. The van der Waals surface area contributed by atoms with Gasteiger partial charge in [-0.1, -0.05) is 13.0 Å². The highest BCUT2D eigenvalue weighted by Gasteiger charge is 2.34. The number of hydrogen-bond donors (Lipinski definition) is 2. The Hall–Kier alpha value is -3.34. The molecule has 0 heterocycles. The van der Waals surface area contributed by atoms with E-state index in [1.54, 1.807) is 69.2 Å². The van der Waals surface area contributed by atoms with Crippen molar-refractivity contribution in [3.05, 3.63) is 23.8 Å². The van der Waals surface area contributed by atoms with Gasteiger partial charge in [0.1, 0.15) is 17.2 Å². The van der Waals surface area contributed by atoms with E-state index >= 15 is 0 Å². The normalized spacial score (nSPS) is 14.5. The second-order valence-electron chi connectivity index (χ2n) is 12.1. The van der Waals surface area contributed by atoms with Crippen LogP contribution in [-0.4, -0.2) is 53.2 Å². The molecule has 1 aromatic rings. The number of nitrogens with two attached hydrogens (primary N) is 1. The molecule has 2 unspecified atom stereocenters. The molecule has 3 N–H and O–H groups in total. The number of carbonyl (C=O) groups is 4. The third-order valence-electron chi connectivity index (χ3n) is 4.89. The first-order chi connectivity index (χ1) is 17.1. The van der Waals surface area contributed by atoms with Crippen LogP contribution in [0.2, 0.25) is 0 Å². The summed E-state index contributed by atoms with van der Waals surface area (Å²) in [5.41, 5.74) is 3.90. The van der Waals surface area contributed by atoms with E-state index in [4.69, 9.17) is 29.4 Å². The van der Waals surface area contributed by atoms with Crippen LogP contribution in [0, 0.1) is 11.3 Å². The largest absolute Gasteiger partial charge is 0.514 e. The van der Waals surface area contributed by atoms with Crippen LogP contribution in [0.1, 0.15) is 80.7 Å².